The van der Waals surface area contributed by atoms with Gasteiger partial charge in [0.05, 0.1) is 64.2 Å². The third-order valence-electron chi connectivity index (χ3n) is 5.88. The molecule has 10 nitrogen and oxygen atoms in total. The molecule has 2 aromatic heterocycles. The fourth-order valence-electron chi connectivity index (χ4n) is 3.95. The number of rotatable bonds is 8. The molecule has 1 saturated heterocycles. The summed E-state index contributed by atoms with van der Waals surface area (Å²) in [5.41, 5.74) is 2.77. The number of nitrogens with one attached hydrogen (secondary N) is 2. The minimum atomic E-state index is -3.21. The lowest BCUT2D eigenvalue weighted by Gasteiger charge is -2.30. The summed E-state index contributed by atoms with van der Waals surface area (Å²) < 4.78 is 26.5. The summed E-state index contributed by atoms with van der Waals surface area (Å²) >= 11 is 6.49. The first-order chi connectivity index (χ1) is 17.4. The van der Waals surface area contributed by atoms with Crippen LogP contribution >= 0.6 is 11.6 Å². The van der Waals surface area contributed by atoms with Crippen molar-refractivity contribution in [1.82, 2.24) is 29.4 Å². The number of sulfonamides is 1. The number of nitrogens with zero attached hydrogens (tertiary/aromatic N) is 6. The molecule has 3 heterocycles. The quantitative estimate of drug-likeness (QED) is 0.411. The maximum Gasteiger partial charge on any atom is 0.223 e. The van der Waals surface area contributed by atoms with Gasteiger partial charge in [0.2, 0.25) is 16.0 Å². The molecule has 0 bridgehead atoms. The first-order valence-electron chi connectivity index (χ1n) is 11.4. The van der Waals surface area contributed by atoms with Crippen LogP contribution in [0.15, 0.2) is 36.8 Å². The molecule has 1 aliphatic rings. The van der Waals surface area contributed by atoms with Crippen LogP contribution in [0.1, 0.15) is 24.0 Å². The Labute approximate surface area is 225 Å². The lowest BCUT2D eigenvalue weighted by atomic mass is 9.49. The van der Waals surface area contributed by atoms with Gasteiger partial charge >= 0.3 is 0 Å². The molecule has 0 amide bonds. The van der Waals surface area contributed by atoms with E-state index in [0.717, 1.165) is 5.56 Å². The predicted molar refractivity (Wildman–Crippen MR) is 144 cm³/mol. The minimum absolute atomic E-state index is 0.0105. The van der Waals surface area contributed by atoms with Crippen LogP contribution < -0.4 is 10.6 Å². The van der Waals surface area contributed by atoms with Gasteiger partial charge in [0.15, 0.2) is 0 Å². The first-order valence-corrected chi connectivity index (χ1v) is 13.6. The highest BCUT2D eigenvalue weighted by Crippen LogP contribution is 2.27. The molecule has 0 aliphatic carbocycles. The van der Waals surface area contributed by atoms with Crippen molar-refractivity contribution in [2.45, 2.75) is 30.7 Å². The smallest absolute Gasteiger partial charge is 0.223 e. The minimum Gasteiger partial charge on any atom is -0.351 e. The number of halogens is 1. The van der Waals surface area contributed by atoms with Gasteiger partial charge in [-0.3, -0.25) is 0 Å². The summed E-state index contributed by atoms with van der Waals surface area (Å²) in [5.74, 6) is 0.352. The van der Waals surface area contributed by atoms with Gasteiger partial charge in [0.1, 0.15) is 6.07 Å². The standard InChI is InChI=1S/C22H22B3ClN8O2S/c1-37(35,36)33-6-4-17(5-7-33)31-21-28-11-15(9-27)20(32-21)16-12-30-34(13-16)19-3-2-14(8-18(19)26)10-29-22(23,24)25/h2-3,8,11-13,17,29H,4-7,10H2,1H3,(H,28,31,32). The normalized spacial score (nSPS) is 15.4. The van der Waals surface area contributed by atoms with Crippen LogP contribution in [0, 0.1) is 11.3 Å². The molecule has 2 N–H and O–H groups in total. The van der Waals surface area contributed by atoms with Crippen LogP contribution in [-0.4, -0.2) is 86.6 Å². The number of hydrogen-bond donors (Lipinski definition) is 2. The highest BCUT2D eigenvalue weighted by Gasteiger charge is 2.25. The molecular weight excluding hydrogens is 508 g/mol. The van der Waals surface area contributed by atoms with E-state index < -0.39 is 15.3 Å². The molecule has 0 unspecified atom stereocenters. The molecule has 37 heavy (non-hydrogen) atoms. The Morgan fingerprint density at radius 2 is 1.97 bits per heavy atom. The van der Waals surface area contributed by atoms with E-state index in [9.17, 15) is 13.7 Å². The monoisotopic (exact) mass is 530 g/mol. The van der Waals surface area contributed by atoms with E-state index in [-0.39, 0.29) is 6.04 Å². The zero-order valence-corrected chi connectivity index (χ0v) is 21.7. The third kappa shape index (κ3) is 6.93. The number of hydrogen-bond acceptors (Lipinski definition) is 8. The average Bonchev–Trinajstić information content (AvgIpc) is 3.32. The van der Waals surface area contributed by atoms with Gasteiger partial charge < -0.3 is 10.6 Å². The maximum absolute atomic E-state index is 11.7. The van der Waals surface area contributed by atoms with Crippen LogP contribution in [0.4, 0.5) is 5.95 Å². The average molecular weight is 530 g/mol. The van der Waals surface area contributed by atoms with Crippen molar-refractivity contribution in [3.05, 3.63) is 52.9 Å². The molecule has 3 aromatic rings. The second-order valence-corrected chi connectivity index (χ2v) is 11.3. The Kier molecular flexibility index (Phi) is 7.99. The summed E-state index contributed by atoms with van der Waals surface area (Å²) in [6, 6.07) is 7.51. The number of piperidine rings is 1. The fourth-order valence-corrected chi connectivity index (χ4v) is 5.11. The lowest BCUT2D eigenvalue weighted by molar-refractivity contribution is 0.331. The van der Waals surface area contributed by atoms with Gasteiger partial charge in [-0.05, 0) is 30.5 Å². The summed E-state index contributed by atoms with van der Waals surface area (Å²) in [7, 11) is 13.4. The van der Waals surface area contributed by atoms with Gasteiger partial charge in [-0.15, -0.1) is 0 Å². The SMILES string of the molecule is [B]C([B])([B])NCc1ccc(-n2cc(-c3nc(NC4CCN(S(C)(=O)=O)CC4)ncc3C#N)cn2)c(Cl)c1. The Balaban J connectivity index is 1.51. The van der Waals surface area contributed by atoms with E-state index >= 15 is 0 Å². The molecule has 1 aromatic carbocycles. The van der Waals surface area contributed by atoms with Crippen LogP contribution in [0.3, 0.4) is 0 Å². The summed E-state index contributed by atoms with van der Waals surface area (Å²) in [6.45, 7) is 1.17. The van der Waals surface area contributed by atoms with E-state index in [2.05, 4.69) is 31.8 Å². The van der Waals surface area contributed by atoms with Gasteiger partial charge in [-0.2, -0.15) is 10.4 Å². The van der Waals surface area contributed by atoms with Crippen LogP contribution in [0.25, 0.3) is 16.9 Å². The largest absolute Gasteiger partial charge is 0.351 e. The molecule has 184 valence electrons. The molecule has 0 spiro atoms. The second kappa shape index (κ2) is 10.9. The van der Waals surface area contributed by atoms with E-state index in [1.54, 1.807) is 29.2 Å². The van der Waals surface area contributed by atoms with Gasteiger partial charge in [0.25, 0.3) is 0 Å². The molecule has 6 radical (unpaired) electrons. The molecule has 0 saturated carbocycles. The van der Waals surface area contributed by atoms with Crippen molar-refractivity contribution in [2.75, 3.05) is 24.7 Å². The number of anilines is 1. The lowest BCUT2D eigenvalue weighted by Crippen LogP contribution is -2.46. The Hall–Kier alpha value is -2.85. The summed E-state index contributed by atoms with van der Waals surface area (Å²) in [4.78, 5) is 8.82. The third-order valence-corrected chi connectivity index (χ3v) is 7.48. The highest BCUT2D eigenvalue weighted by molar-refractivity contribution is 7.88. The van der Waals surface area contributed by atoms with Gasteiger partial charge in [-0.1, -0.05) is 22.9 Å². The van der Waals surface area contributed by atoms with Crippen LogP contribution in [0.5, 0.6) is 0 Å². The summed E-state index contributed by atoms with van der Waals surface area (Å²) in [5, 5.41) is 19.0. The second-order valence-electron chi connectivity index (χ2n) is 8.89. The van der Waals surface area contributed by atoms with Crippen molar-refractivity contribution >= 4 is 51.1 Å². The predicted octanol–water partition coefficient (Wildman–Crippen LogP) is 0.897. The molecule has 15 heteroatoms. The maximum atomic E-state index is 11.7. The van der Waals surface area contributed by atoms with Gasteiger partial charge in [0, 0.05) is 37.4 Å². The highest BCUT2D eigenvalue weighted by atomic mass is 35.5. The van der Waals surface area contributed by atoms with Crippen molar-refractivity contribution in [2.24, 2.45) is 0 Å². The Bertz CT molecular complexity index is 1430. The molecule has 0 atom stereocenters. The topological polar surface area (TPSA) is 129 Å². The Morgan fingerprint density at radius 1 is 1.24 bits per heavy atom. The summed E-state index contributed by atoms with van der Waals surface area (Å²) in [6.07, 6.45) is 7.22. The number of benzene rings is 1. The zero-order valence-electron chi connectivity index (χ0n) is 20.1. The van der Waals surface area contributed by atoms with Crippen molar-refractivity contribution in [1.29, 1.82) is 5.26 Å². The van der Waals surface area contributed by atoms with Crippen molar-refractivity contribution in [3.63, 3.8) is 0 Å². The number of nitriles is 1. The van der Waals surface area contributed by atoms with Crippen LogP contribution in [0.2, 0.25) is 5.02 Å². The number of aromatic nitrogens is 4. The van der Waals surface area contributed by atoms with E-state index in [1.165, 1.54) is 16.8 Å². The van der Waals surface area contributed by atoms with E-state index in [1.807, 2.05) is 6.07 Å². The zero-order chi connectivity index (χ0) is 26.8. The molecular formula is C22H22B3ClN8O2S. The molecule has 1 aliphatic heterocycles. The molecule has 4 rings (SSSR count). The van der Waals surface area contributed by atoms with Crippen molar-refractivity contribution < 1.29 is 8.42 Å². The van der Waals surface area contributed by atoms with E-state index in [0.29, 0.717) is 66.0 Å². The van der Waals surface area contributed by atoms with Gasteiger partial charge in [-0.25, -0.2) is 27.4 Å². The first kappa shape index (κ1) is 27.2. The Morgan fingerprint density at radius 3 is 2.59 bits per heavy atom. The fraction of sp³-hybridized carbons (Fsp3) is 0.364. The van der Waals surface area contributed by atoms with Crippen LogP contribution in [-0.2, 0) is 16.6 Å². The molecule has 1 fully saturated rings. The van der Waals surface area contributed by atoms with Crippen molar-refractivity contribution in [3.8, 4) is 23.0 Å². The van der Waals surface area contributed by atoms with E-state index in [4.69, 9.17) is 35.1 Å².